The van der Waals surface area contributed by atoms with Gasteiger partial charge in [-0.2, -0.15) is 0 Å². The Kier molecular flexibility index (Phi) is 5.22. The highest BCUT2D eigenvalue weighted by atomic mass is 16.3. The van der Waals surface area contributed by atoms with E-state index in [1.165, 1.54) is 0 Å². The predicted molar refractivity (Wildman–Crippen MR) is 43.2 cm³/mol. The Morgan fingerprint density at radius 3 is 2.70 bits per heavy atom. The van der Waals surface area contributed by atoms with E-state index in [1.54, 1.807) is 0 Å². The lowest BCUT2D eigenvalue weighted by Gasteiger charge is -2.06. The van der Waals surface area contributed by atoms with Crippen molar-refractivity contribution in [3.05, 3.63) is 6.92 Å². The standard InChI is InChI=1S/C8H16NO/c1-3-4-8(9)5-7(2)6-10/h7,9-10H,1,3-6H2,2H3. The number of nitrogens with one attached hydrogen (secondary N) is 1. The van der Waals surface area contributed by atoms with E-state index < -0.39 is 0 Å². The largest absolute Gasteiger partial charge is 0.396 e. The molecule has 0 amide bonds. The molecule has 1 radical (unpaired) electrons. The Hall–Kier alpha value is -0.370. The van der Waals surface area contributed by atoms with Crippen molar-refractivity contribution in [1.29, 1.82) is 5.41 Å². The molecule has 2 heteroatoms. The number of aliphatic hydroxyl groups excluding tert-OH is 1. The fraction of sp³-hybridized carbons (Fsp3) is 0.750. The number of hydrogen-bond acceptors (Lipinski definition) is 2. The molecule has 2 N–H and O–H groups in total. The summed E-state index contributed by atoms with van der Waals surface area (Å²) in [6.45, 7) is 5.78. The first-order valence-corrected chi connectivity index (χ1v) is 3.67. The second kappa shape index (κ2) is 5.42. The smallest absolute Gasteiger partial charge is 0.0460 e. The Morgan fingerprint density at radius 1 is 1.70 bits per heavy atom. The number of rotatable bonds is 5. The lowest BCUT2D eigenvalue weighted by atomic mass is 10.0. The summed E-state index contributed by atoms with van der Waals surface area (Å²) < 4.78 is 0. The van der Waals surface area contributed by atoms with Gasteiger partial charge in [-0.25, -0.2) is 0 Å². The zero-order chi connectivity index (χ0) is 7.98. The molecule has 0 aromatic heterocycles. The van der Waals surface area contributed by atoms with Crippen LogP contribution >= 0.6 is 0 Å². The van der Waals surface area contributed by atoms with Crippen molar-refractivity contribution in [3.63, 3.8) is 0 Å². The molecule has 0 aliphatic carbocycles. The molecule has 0 aromatic carbocycles. The van der Waals surface area contributed by atoms with Gasteiger partial charge in [0.05, 0.1) is 0 Å². The molecule has 0 saturated heterocycles. The highest BCUT2D eigenvalue weighted by Crippen LogP contribution is 2.04. The third-order valence-electron chi connectivity index (χ3n) is 1.39. The molecule has 1 unspecified atom stereocenters. The van der Waals surface area contributed by atoms with E-state index in [0.29, 0.717) is 12.1 Å². The van der Waals surface area contributed by atoms with E-state index in [-0.39, 0.29) is 12.5 Å². The summed E-state index contributed by atoms with van der Waals surface area (Å²) in [5, 5.41) is 16.0. The zero-order valence-corrected chi connectivity index (χ0v) is 6.56. The van der Waals surface area contributed by atoms with Crippen molar-refractivity contribution < 1.29 is 5.11 Å². The summed E-state index contributed by atoms with van der Waals surface area (Å²) in [5.74, 6) is 0.235. The van der Waals surface area contributed by atoms with E-state index in [0.717, 1.165) is 12.8 Å². The fourth-order valence-electron chi connectivity index (χ4n) is 0.801. The minimum absolute atomic E-state index is 0.180. The van der Waals surface area contributed by atoms with Crippen LogP contribution in [0.4, 0.5) is 0 Å². The van der Waals surface area contributed by atoms with Crippen molar-refractivity contribution in [2.45, 2.75) is 26.2 Å². The van der Waals surface area contributed by atoms with E-state index in [4.69, 9.17) is 10.5 Å². The van der Waals surface area contributed by atoms with Gasteiger partial charge in [0.25, 0.3) is 0 Å². The van der Waals surface area contributed by atoms with E-state index in [1.807, 2.05) is 6.92 Å². The van der Waals surface area contributed by atoms with E-state index in [2.05, 4.69) is 6.92 Å². The van der Waals surface area contributed by atoms with Crippen LogP contribution in [0.25, 0.3) is 0 Å². The molecular weight excluding hydrogens is 126 g/mol. The molecule has 59 valence electrons. The average Bonchev–Trinajstić information content (AvgIpc) is 1.88. The fourth-order valence-corrected chi connectivity index (χ4v) is 0.801. The molecule has 0 rings (SSSR count). The van der Waals surface area contributed by atoms with Crippen LogP contribution in [0.1, 0.15) is 26.2 Å². The molecule has 0 bridgehead atoms. The third-order valence-corrected chi connectivity index (χ3v) is 1.39. The number of hydrogen-bond donors (Lipinski definition) is 2. The van der Waals surface area contributed by atoms with Crippen LogP contribution in [0.5, 0.6) is 0 Å². The molecule has 1 atom stereocenters. The van der Waals surface area contributed by atoms with Crippen molar-refractivity contribution >= 4 is 5.71 Å². The van der Waals surface area contributed by atoms with Gasteiger partial charge in [0.2, 0.25) is 0 Å². The summed E-state index contributed by atoms with van der Waals surface area (Å²) in [7, 11) is 0. The van der Waals surface area contributed by atoms with Crippen LogP contribution in [0.3, 0.4) is 0 Å². The summed E-state index contributed by atoms with van der Waals surface area (Å²) in [6.07, 6.45) is 2.27. The van der Waals surface area contributed by atoms with Crippen LogP contribution in [-0.2, 0) is 0 Å². The van der Waals surface area contributed by atoms with Crippen molar-refractivity contribution in [1.82, 2.24) is 0 Å². The molecule has 0 saturated carbocycles. The predicted octanol–water partition coefficient (Wildman–Crippen LogP) is 1.64. The Bertz CT molecular complexity index is 101. The summed E-state index contributed by atoms with van der Waals surface area (Å²) in [4.78, 5) is 0. The Morgan fingerprint density at radius 2 is 2.30 bits per heavy atom. The minimum Gasteiger partial charge on any atom is -0.396 e. The molecule has 10 heavy (non-hydrogen) atoms. The van der Waals surface area contributed by atoms with Crippen LogP contribution in [0.2, 0.25) is 0 Å². The highest BCUT2D eigenvalue weighted by molar-refractivity contribution is 5.81. The first-order valence-electron chi connectivity index (χ1n) is 3.67. The summed E-state index contributed by atoms with van der Waals surface area (Å²) >= 11 is 0. The maximum absolute atomic E-state index is 8.64. The van der Waals surface area contributed by atoms with E-state index in [9.17, 15) is 0 Å². The SMILES string of the molecule is [CH2]CCC(=N)CC(C)CO. The molecule has 0 aromatic rings. The van der Waals surface area contributed by atoms with Gasteiger partial charge in [-0.1, -0.05) is 13.8 Å². The van der Waals surface area contributed by atoms with Gasteiger partial charge in [0.1, 0.15) is 0 Å². The lowest BCUT2D eigenvalue weighted by Crippen LogP contribution is -2.07. The van der Waals surface area contributed by atoms with Gasteiger partial charge >= 0.3 is 0 Å². The van der Waals surface area contributed by atoms with Gasteiger partial charge in [0.15, 0.2) is 0 Å². The van der Waals surface area contributed by atoms with Crippen LogP contribution in [0, 0.1) is 18.3 Å². The molecule has 0 aliphatic heterocycles. The van der Waals surface area contributed by atoms with Gasteiger partial charge in [-0.3, -0.25) is 0 Å². The average molecular weight is 142 g/mol. The minimum atomic E-state index is 0.180. The van der Waals surface area contributed by atoms with Crippen LogP contribution in [0.15, 0.2) is 0 Å². The second-order valence-corrected chi connectivity index (χ2v) is 2.70. The van der Waals surface area contributed by atoms with Crippen LogP contribution in [-0.4, -0.2) is 17.4 Å². The Balaban J connectivity index is 3.37. The first-order chi connectivity index (χ1) is 4.70. The van der Waals surface area contributed by atoms with Crippen LogP contribution < -0.4 is 0 Å². The normalized spacial score (nSPS) is 13.1. The molecular formula is C8H16NO. The lowest BCUT2D eigenvalue weighted by molar-refractivity contribution is 0.241. The van der Waals surface area contributed by atoms with Gasteiger partial charge in [-0.15, -0.1) is 0 Å². The highest BCUT2D eigenvalue weighted by Gasteiger charge is 2.02. The topological polar surface area (TPSA) is 44.1 Å². The summed E-state index contributed by atoms with van der Waals surface area (Å²) in [6, 6.07) is 0. The first kappa shape index (κ1) is 9.63. The molecule has 0 fully saturated rings. The van der Waals surface area contributed by atoms with Crippen molar-refractivity contribution in [2.75, 3.05) is 6.61 Å². The van der Waals surface area contributed by atoms with Gasteiger partial charge in [-0.05, 0) is 25.2 Å². The van der Waals surface area contributed by atoms with Gasteiger partial charge < -0.3 is 10.5 Å². The van der Waals surface area contributed by atoms with Gasteiger partial charge in [0, 0.05) is 12.3 Å². The maximum Gasteiger partial charge on any atom is 0.0460 e. The second-order valence-electron chi connectivity index (χ2n) is 2.70. The molecule has 0 heterocycles. The monoisotopic (exact) mass is 142 g/mol. The van der Waals surface area contributed by atoms with E-state index >= 15 is 0 Å². The quantitative estimate of drug-likeness (QED) is 0.563. The molecule has 2 nitrogen and oxygen atoms in total. The van der Waals surface area contributed by atoms with Crippen molar-refractivity contribution in [3.8, 4) is 0 Å². The summed E-state index contributed by atoms with van der Waals surface area (Å²) in [5.41, 5.74) is 0.705. The third kappa shape index (κ3) is 4.50. The van der Waals surface area contributed by atoms with Crippen molar-refractivity contribution in [2.24, 2.45) is 5.92 Å². The number of aliphatic hydroxyl groups is 1. The maximum atomic E-state index is 8.64. The molecule has 0 aliphatic rings. The molecule has 0 spiro atoms. The zero-order valence-electron chi connectivity index (χ0n) is 6.56. The Labute approximate surface area is 62.8 Å².